The highest BCUT2D eigenvalue weighted by atomic mass is 79.9. The maximum Gasteiger partial charge on any atom is 0.356 e. The van der Waals surface area contributed by atoms with Crippen molar-refractivity contribution in [3.05, 3.63) is 28.5 Å². The Morgan fingerprint density at radius 3 is 2.67 bits per heavy atom. The molecule has 1 aromatic heterocycles. The molecule has 0 aliphatic heterocycles. The summed E-state index contributed by atoms with van der Waals surface area (Å²) in [6, 6.07) is 2.85. The molecule has 0 aliphatic carbocycles. The number of alkyl halides is 1. The van der Waals surface area contributed by atoms with Gasteiger partial charge in [-0.3, -0.25) is 4.79 Å². The summed E-state index contributed by atoms with van der Waals surface area (Å²) in [5, 5.41) is 0.161. The first-order valence-corrected chi connectivity index (χ1v) is 5.44. The van der Waals surface area contributed by atoms with E-state index in [0.29, 0.717) is 0 Å². The lowest BCUT2D eigenvalue weighted by Gasteiger charge is -2.02. The Hall–Kier alpha value is -0.940. The van der Waals surface area contributed by atoms with E-state index in [9.17, 15) is 9.59 Å². The minimum Gasteiger partial charge on any atom is -0.464 e. The Bertz CT molecular complexity index is 408. The minimum absolute atomic E-state index is 0.00218. The van der Waals surface area contributed by atoms with E-state index in [2.05, 4.69) is 25.7 Å². The van der Waals surface area contributed by atoms with Gasteiger partial charge < -0.3 is 4.74 Å². The topological polar surface area (TPSA) is 56.3 Å². The molecule has 0 atom stereocenters. The van der Waals surface area contributed by atoms with Crippen LogP contribution in [0, 0.1) is 0 Å². The summed E-state index contributed by atoms with van der Waals surface area (Å²) in [6.07, 6.45) is 0. The second-order valence-electron chi connectivity index (χ2n) is 2.58. The molecule has 0 saturated carbocycles. The van der Waals surface area contributed by atoms with E-state index in [1.165, 1.54) is 19.2 Å². The minimum atomic E-state index is -0.588. The molecule has 0 amide bonds. The molecule has 0 saturated heterocycles. The van der Waals surface area contributed by atoms with Crippen molar-refractivity contribution < 1.29 is 14.3 Å². The van der Waals surface area contributed by atoms with Gasteiger partial charge in [0.1, 0.15) is 10.8 Å². The summed E-state index contributed by atoms with van der Waals surface area (Å²) in [7, 11) is 1.25. The summed E-state index contributed by atoms with van der Waals surface area (Å²) in [6.45, 7) is 0. The second kappa shape index (κ2) is 5.23. The van der Waals surface area contributed by atoms with Crippen LogP contribution in [0.4, 0.5) is 0 Å². The number of carbonyl (C=O) groups is 2. The molecule has 0 unspecified atom stereocenters. The van der Waals surface area contributed by atoms with Crippen LogP contribution in [-0.2, 0) is 4.74 Å². The van der Waals surface area contributed by atoms with Crippen molar-refractivity contribution in [3.63, 3.8) is 0 Å². The number of halogens is 2. The maximum atomic E-state index is 11.3. The predicted octanol–water partition coefficient (Wildman–Crippen LogP) is 2.10. The number of methoxy groups -OCH3 is 1. The summed E-state index contributed by atoms with van der Waals surface area (Å²) >= 11 is 8.76. The van der Waals surface area contributed by atoms with Crippen molar-refractivity contribution in [1.82, 2.24) is 4.98 Å². The molecule has 6 heteroatoms. The molecule has 0 aromatic carbocycles. The van der Waals surface area contributed by atoms with Gasteiger partial charge in [0.25, 0.3) is 0 Å². The van der Waals surface area contributed by atoms with Crippen molar-refractivity contribution in [2.75, 3.05) is 12.4 Å². The highest BCUT2D eigenvalue weighted by Crippen LogP contribution is 2.15. The summed E-state index contributed by atoms with van der Waals surface area (Å²) in [4.78, 5) is 26.1. The van der Waals surface area contributed by atoms with E-state index in [-0.39, 0.29) is 27.5 Å². The van der Waals surface area contributed by atoms with E-state index in [1.807, 2.05) is 0 Å². The summed E-state index contributed by atoms with van der Waals surface area (Å²) < 4.78 is 4.46. The maximum absolute atomic E-state index is 11.3. The Morgan fingerprint density at radius 1 is 1.53 bits per heavy atom. The van der Waals surface area contributed by atoms with E-state index in [4.69, 9.17) is 11.6 Å². The average Bonchev–Trinajstić information content (AvgIpc) is 2.26. The predicted molar refractivity (Wildman–Crippen MR) is 58.7 cm³/mol. The van der Waals surface area contributed by atoms with Crippen LogP contribution in [0.25, 0.3) is 0 Å². The molecule has 0 spiro atoms. The summed E-state index contributed by atoms with van der Waals surface area (Å²) in [5.74, 6) is -0.779. The number of ether oxygens (including phenoxy) is 1. The fourth-order valence-electron chi connectivity index (χ4n) is 0.933. The van der Waals surface area contributed by atoms with Crippen LogP contribution in [0.15, 0.2) is 12.1 Å². The van der Waals surface area contributed by atoms with Gasteiger partial charge in [0, 0.05) is 0 Å². The van der Waals surface area contributed by atoms with Gasteiger partial charge in [0.15, 0.2) is 5.78 Å². The zero-order valence-corrected chi connectivity index (χ0v) is 10.1. The molecular weight excluding hydrogens is 285 g/mol. The molecule has 0 N–H and O–H groups in total. The number of hydrogen-bond acceptors (Lipinski definition) is 4. The van der Waals surface area contributed by atoms with Crippen molar-refractivity contribution >= 4 is 39.3 Å². The SMILES string of the molecule is COC(=O)c1ccc(C(=O)CBr)c(Cl)n1. The zero-order chi connectivity index (χ0) is 11.4. The number of rotatable bonds is 3. The monoisotopic (exact) mass is 291 g/mol. The molecule has 15 heavy (non-hydrogen) atoms. The number of esters is 1. The van der Waals surface area contributed by atoms with Crippen LogP contribution < -0.4 is 0 Å². The third-order valence-electron chi connectivity index (χ3n) is 1.67. The molecule has 1 rings (SSSR count). The third-order valence-corrected chi connectivity index (χ3v) is 2.46. The van der Waals surface area contributed by atoms with Crippen molar-refractivity contribution in [1.29, 1.82) is 0 Å². The Kier molecular flexibility index (Phi) is 4.23. The van der Waals surface area contributed by atoms with Crippen LogP contribution >= 0.6 is 27.5 Å². The summed E-state index contributed by atoms with van der Waals surface area (Å²) in [5.41, 5.74) is 0.356. The van der Waals surface area contributed by atoms with Crippen molar-refractivity contribution in [2.45, 2.75) is 0 Å². The van der Waals surface area contributed by atoms with Gasteiger partial charge in [0.2, 0.25) is 0 Å². The number of carbonyl (C=O) groups excluding carboxylic acids is 2. The average molecular weight is 293 g/mol. The number of nitrogens with zero attached hydrogens (tertiary/aromatic N) is 1. The molecule has 0 bridgehead atoms. The van der Waals surface area contributed by atoms with Gasteiger partial charge in [-0.2, -0.15) is 0 Å². The van der Waals surface area contributed by atoms with Crippen LogP contribution in [0.1, 0.15) is 20.8 Å². The van der Waals surface area contributed by atoms with Gasteiger partial charge in [-0.05, 0) is 12.1 Å². The van der Waals surface area contributed by atoms with Gasteiger partial charge in [0.05, 0.1) is 18.0 Å². The van der Waals surface area contributed by atoms with Gasteiger partial charge >= 0.3 is 5.97 Å². The molecule has 0 radical (unpaired) electrons. The number of hydrogen-bond donors (Lipinski definition) is 0. The lowest BCUT2D eigenvalue weighted by molar-refractivity contribution is 0.0593. The molecular formula is C9H7BrClNO3. The number of ketones is 1. The Labute approximate surface area is 99.7 Å². The van der Waals surface area contributed by atoms with E-state index in [0.717, 1.165) is 0 Å². The van der Waals surface area contributed by atoms with Crippen LogP contribution in [0.3, 0.4) is 0 Å². The lowest BCUT2D eigenvalue weighted by atomic mass is 10.2. The molecule has 80 valence electrons. The number of pyridine rings is 1. The first-order chi connectivity index (χ1) is 7.10. The Morgan fingerprint density at radius 2 is 2.20 bits per heavy atom. The smallest absolute Gasteiger partial charge is 0.356 e. The Balaban J connectivity index is 3.08. The third kappa shape index (κ3) is 2.76. The zero-order valence-electron chi connectivity index (χ0n) is 7.79. The van der Waals surface area contributed by atoms with Gasteiger partial charge in [-0.1, -0.05) is 27.5 Å². The largest absolute Gasteiger partial charge is 0.464 e. The van der Waals surface area contributed by atoms with Crippen molar-refractivity contribution in [2.24, 2.45) is 0 Å². The second-order valence-corrected chi connectivity index (χ2v) is 3.50. The standard InChI is InChI=1S/C9H7BrClNO3/c1-15-9(14)6-3-2-5(7(13)4-10)8(11)12-6/h2-3H,4H2,1H3. The first-order valence-electron chi connectivity index (χ1n) is 3.94. The first kappa shape index (κ1) is 12.1. The van der Waals surface area contributed by atoms with E-state index in [1.54, 1.807) is 0 Å². The normalized spacial score (nSPS) is 9.80. The van der Waals surface area contributed by atoms with E-state index < -0.39 is 5.97 Å². The van der Waals surface area contributed by atoms with Crippen molar-refractivity contribution in [3.8, 4) is 0 Å². The van der Waals surface area contributed by atoms with Gasteiger partial charge in [-0.15, -0.1) is 0 Å². The highest BCUT2D eigenvalue weighted by molar-refractivity contribution is 9.09. The number of Topliss-reactive ketones (excluding diaryl/α,β-unsaturated/α-hetero) is 1. The molecule has 0 fully saturated rings. The van der Waals surface area contributed by atoms with E-state index >= 15 is 0 Å². The van der Waals surface area contributed by atoms with Crippen LogP contribution in [0.2, 0.25) is 5.15 Å². The highest BCUT2D eigenvalue weighted by Gasteiger charge is 2.14. The van der Waals surface area contributed by atoms with Gasteiger partial charge in [-0.25, -0.2) is 9.78 Å². The molecule has 4 nitrogen and oxygen atoms in total. The van der Waals surface area contributed by atoms with Crippen LogP contribution in [0.5, 0.6) is 0 Å². The lowest BCUT2D eigenvalue weighted by Crippen LogP contribution is -2.08. The van der Waals surface area contributed by atoms with Crippen LogP contribution in [-0.4, -0.2) is 29.2 Å². The molecule has 1 heterocycles. The fourth-order valence-corrected chi connectivity index (χ4v) is 1.49. The molecule has 1 aromatic rings. The molecule has 0 aliphatic rings. The number of aromatic nitrogens is 1. The quantitative estimate of drug-likeness (QED) is 0.370. The fraction of sp³-hybridized carbons (Fsp3) is 0.222.